The first-order valence-corrected chi connectivity index (χ1v) is 12.1. The van der Waals surface area contributed by atoms with Gasteiger partial charge in [-0.15, -0.1) is 0 Å². The van der Waals surface area contributed by atoms with Gasteiger partial charge in [-0.1, -0.05) is 41.9 Å². The number of aliphatic hydroxyl groups is 1. The second-order valence-electron chi connectivity index (χ2n) is 8.80. The standard InChI is InChI=1S/C25H26ClFN4O5/c1-34-25(33)28-16-8-6-14(7-9-16)13-2-4-15(5-3-13)22-17(26)10-18-23(30-22)31-24(29-18)36-20-12-35-19(11-32)21(20)27/h2-6,10,16,19-21,32H,7-9,11-12H2,1H3,(H,28,33)(H,29,30,31)/t16?,19-,20-,21-/m1/s1. The van der Waals surface area contributed by atoms with E-state index in [1.165, 1.54) is 12.7 Å². The number of alkyl carbamates (subject to hydrolysis) is 1. The van der Waals surface area contributed by atoms with E-state index in [0.717, 1.165) is 30.4 Å². The number of hydrogen-bond acceptors (Lipinski definition) is 7. The van der Waals surface area contributed by atoms with Crippen molar-refractivity contribution in [1.29, 1.82) is 0 Å². The van der Waals surface area contributed by atoms with Crippen LogP contribution in [0.4, 0.5) is 9.18 Å². The first kappa shape index (κ1) is 24.5. The first-order chi connectivity index (χ1) is 17.4. The van der Waals surface area contributed by atoms with Gasteiger partial charge in [0, 0.05) is 11.6 Å². The zero-order chi connectivity index (χ0) is 25.2. The Kier molecular flexibility index (Phi) is 7.08. The molecular formula is C25H26ClFN4O5. The molecule has 1 aliphatic heterocycles. The molecule has 1 aromatic carbocycles. The Labute approximate surface area is 211 Å². The maximum atomic E-state index is 14.3. The van der Waals surface area contributed by atoms with Crippen molar-refractivity contribution >= 4 is 34.4 Å². The average Bonchev–Trinajstić information content (AvgIpc) is 3.45. The summed E-state index contributed by atoms with van der Waals surface area (Å²) in [5.41, 5.74) is 4.67. The molecule has 3 aromatic rings. The highest BCUT2D eigenvalue weighted by Crippen LogP contribution is 2.33. The van der Waals surface area contributed by atoms with Crippen LogP contribution < -0.4 is 10.1 Å². The van der Waals surface area contributed by atoms with Crippen molar-refractivity contribution in [2.24, 2.45) is 0 Å². The minimum absolute atomic E-state index is 0.0219. The van der Waals surface area contributed by atoms with Crippen LogP contribution in [0.25, 0.3) is 28.0 Å². The van der Waals surface area contributed by atoms with E-state index in [-0.39, 0.29) is 18.7 Å². The third-order valence-electron chi connectivity index (χ3n) is 6.48. The second-order valence-corrected chi connectivity index (χ2v) is 9.21. The fourth-order valence-electron chi connectivity index (χ4n) is 4.49. The fraction of sp³-hybridized carbons (Fsp3) is 0.400. The molecule has 9 nitrogen and oxygen atoms in total. The number of alkyl halides is 1. The Morgan fingerprint density at radius 3 is 2.75 bits per heavy atom. The molecule has 4 atom stereocenters. The van der Waals surface area contributed by atoms with Gasteiger partial charge in [0.1, 0.15) is 6.10 Å². The summed E-state index contributed by atoms with van der Waals surface area (Å²) < 4.78 is 29.8. The van der Waals surface area contributed by atoms with E-state index in [0.29, 0.717) is 21.9 Å². The highest BCUT2D eigenvalue weighted by molar-refractivity contribution is 6.33. The molecule has 0 saturated carbocycles. The lowest BCUT2D eigenvalue weighted by Crippen LogP contribution is -2.35. The van der Waals surface area contributed by atoms with Crippen molar-refractivity contribution in [3.8, 4) is 17.3 Å². The van der Waals surface area contributed by atoms with Gasteiger partial charge in [-0.25, -0.2) is 14.2 Å². The number of rotatable bonds is 6. The number of hydrogen-bond donors (Lipinski definition) is 3. The number of fused-ring (bicyclic) bond motifs is 1. The Hall–Kier alpha value is -3.21. The number of aromatic nitrogens is 3. The largest absolute Gasteiger partial charge is 0.456 e. The monoisotopic (exact) mass is 516 g/mol. The number of nitrogens with one attached hydrogen (secondary N) is 2. The molecule has 1 aliphatic carbocycles. The number of carbonyl (C=O) groups excluding carboxylic acids is 1. The summed E-state index contributed by atoms with van der Waals surface area (Å²) in [5, 5.41) is 12.4. The van der Waals surface area contributed by atoms with Crippen molar-refractivity contribution in [3.05, 3.63) is 47.0 Å². The molecule has 3 N–H and O–H groups in total. The predicted molar refractivity (Wildman–Crippen MR) is 132 cm³/mol. The number of ether oxygens (including phenoxy) is 3. The lowest BCUT2D eigenvalue weighted by atomic mass is 9.90. The quantitative estimate of drug-likeness (QED) is 0.452. The molecule has 3 heterocycles. The summed E-state index contributed by atoms with van der Waals surface area (Å²) in [6.07, 6.45) is 0.941. The number of pyridine rings is 1. The number of amides is 1. The lowest BCUT2D eigenvalue weighted by molar-refractivity contribution is 0.0302. The Morgan fingerprint density at radius 2 is 2.08 bits per heavy atom. The molecule has 1 amide bonds. The van der Waals surface area contributed by atoms with Gasteiger partial charge in [-0.3, -0.25) is 0 Å². The van der Waals surface area contributed by atoms with Crippen LogP contribution in [-0.2, 0) is 9.47 Å². The number of carbonyl (C=O) groups is 1. The molecule has 0 spiro atoms. The van der Waals surface area contributed by atoms with Crippen molar-refractivity contribution in [3.63, 3.8) is 0 Å². The number of methoxy groups -OCH3 is 1. The summed E-state index contributed by atoms with van der Waals surface area (Å²) in [4.78, 5) is 23.3. The second kappa shape index (κ2) is 10.4. The van der Waals surface area contributed by atoms with Gasteiger partial charge in [0.25, 0.3) is 6.01 Å². The molecule has 1 fully saturated rings. The molecule has 36 heavy (non-hydrogen) atoms. The van der Waals surface area contributed by atoms with Gasteiger partial charge in [0.05, 0.1) is 36.6 Å². The van der Waals surface area contributed by atoms with Crippen molar-refractivity contribution < 1.29 is 28.5 Å². The van der Waals surface area contributed by atoms with Crippen LogP contribution >= 0.6 is 11.6 Å². The minimum atomic E-state index is -1.46. The van der Waals surface area contributed by atoms with Gasteiger partial charge < -0.3 is 29.6 Å². The molecule has 0 radical (unpaired) electrons. The number of aliphatic hydroxyl groups excluding tert-OH is 1. The van der Waals surface area contributed by atoms with Crippen LogP contribution in [0.3, 0.4) is 0 Å². The van der Waals surface area contributed by atoms with Gasteiger partial charge in [-0.2, -0.15) is 4.98 Å². The number of imidazole rings is 1. The van der Waals surface area contributed by atoms with Gasteiger partial charge >= 0.3 is 6.09 Å². The molecule has 190 valence electrons. The summed E-state index contributed by atoms with van der Waals surface area (Å²) in [6, 6.07) is 9.85. The van der Waals surface area contributed by atoms with E-state index in [2.05, 4.69) is 31.1 Å². The molecule has 1 saturated heterocycles. The predicted octanol–water partition coefficient (Wildman–Crippen LogP) is 4.05. The molecule has 0 bridgehead atoms. The van der Waals surface area contributed by atoms with Crippen LogP contribution in [0.5, 0.6) is 6.01 Å². The van der Waals surface area contributed by atoms with Crippen molar-refractivity contribution in [2.45, 2.75) is 43.7 Å². The fourth-order valence-corrected chi connectivity index (χ4v) is 4.75. The molecule has 2 aliphatic rings. The third-order valence-corrected chi connectivity index (χ3v) is 6.77. The zero-order valence-corrected chi connectivity index (χ0v) is 20.3. The molecule has 5 rings (SSSR count). The summed E-state index contributed by atoms with van der Waals surface area (Å²) in [6.45, 7) is -0.390. The van der Waals surface area contributed by atoms with Gasteiger partial charge in [-0.05, 0) is 36.5 Å². The highest BCUT2D eigenvalue weighted by atomic mass is 35.5. The summed E-state index contributed by atoms with van der Waals surface area (Å²) in [5.74, 6) is 0. The van der Waals surface area contributed by atoms with Gasteiger partial charge in [0.2, 0.25) is 0 Å². The normalized spacial score (nSPS) is 23.9. The number of allylic oxidation sites excluding steroid dienone is 1. The van der Waals surface area contributed by atoms with Crippen molar-refractivity contribution in [2.75, 3.05) is 20.3 Å². The van der Waals surface area contributed by atoms with E-state index >= 15 is 0 Å². The highest BCUT2D eigenvalue weighted by Gasteiger charge is 2.39. The topological polar surface area (TPSA) is 119 Å². The van der Waals surface area contributed by atoms with E-state index in [9.17, 15) is 9.18 Å². The van der Waals surface area contributed by atoms with E-state index < -0.39 is 31.1 Å². The van der Waals surface area contributed by atoms with Crippen LogP contribution in [0, 0.1) is 0 Å². The lowest BCUT2D eigenvalue weighted by Gasteiger charge is -2.22. The maximum Gasteiger partial charge on any atom is 0.407 e. The van der Waals surface area contributed by atoms with Gasteiger partial charge in [0.15, 0.2) is 17.9 Å². The molecular weight excluding hydrogens is 491 g/mol. The number of H-pyrrole nitrogens is 1. The maximum absolute atomic E-state index is 14.3. The number of nitrogens with zero attached hydrogens (tertiary/aromatic N) is 2. The average molecular weight is 517 g/mol. The Balaban J connectivity index is 1.30. The Morgan fingerprint density at radius 1 is 1.31 bits per heavy atom. The first-order valence-electron chi connectivity index (χ1n) is 11.7. The summed E-state index contributed by atoms with van der Waals surface area (Å²) in [7, 11) is 1.36. The SMILES string of the molecule is COC(=O)NC1CC=C(c2ccc(-c3nc4nc(O[C@@H]5CO[C@H](CO)[C@H]5F)[nH]c4cc3Cl)cc2)CC1. The van der Waals surface area contributed by atoms with Crippen LogP contribution in [0.1, 0.15) is 24.8 Å². The third kappa shape index (κ3) is 5.02. The van der Waals surface area contributed by atoms with Crippen molar-refractivity contribution in [1.82, 2.24) is 20.3 Å². The number of halogens is 2. The molecule has 11 heteroatoms. The molecule has 1 unspecified atom stereocenters. The van der Waals surface area contributed by atoms with E-state index in [4.69, 9.17) is 26.2 Å². The molecule has 2 aromatic heterocycles. The van der Waals surface area contributed by atoms with E-state index in [1.807, 2.05) is 24.3 Å². The van der Waals surface area contributed by atoms with Crippen LogP contribution in [0.15, 0.2) is 36.4 Å². The minimum Gasteiger partial charge on any atom is -0.456 e. The Bertz CT molecular complexity index is 1280. The van der Waals surface area contributed by atoms with E-state index in [1.54, 1.807) is 6.07 Å². The number of benzene rings is 1. The number of aromatic amines is 1. The summed E-state index contributed by atoms with van der Waals surface area (Å²) >= 11 is 6.52. The van der Waals surface area contributed by atoms with Crippen LogP contribution in [-0.4, -0.2) is 70.9 Å². The smallest absolute Gasteiger partial charge is 0.407 e. The zero-order valence-electron chi connectivity index (χ0n) is 19.5. The van der Waals surface area contributed by atoms with Crippen LogP contribution in [0.2, 0.25) is 5.02 Å².